The summed E-state index contributed by atoms with van der Waals surface area (Å²) in [6.45, 7) is 4.15. The van der Waals surface area contributed by atoms with Gasteiger partial charge in [-0.15, -0.1) is 0 Å². The van der Waals surface area contributed by atoms with E-state index in [-0.39, 0.29) is 0 Å². The third-order valence-electron chi connectivity index (χ3n) is 4.51. The van der Waals surface area contributed by atoms with Crippen molar-refractivity contribution in [3.05, 3.63) is 101 Å². The summed E-state index contributed by atoms with van der Waals surface area (Å²) in [6, 6.07) is 22.6. The van der Waals surface area contributed by atoms with Gasteiger partial charge in [-0.25, -0.2) is 5.48 Å². The van der Waals surface area contributed by atoms with Crippen LogP contribution in [-0.2, 0) is 6.42 Å². The molecule has 5 nitrogen and oxygen atoms in total. The van der Waals surface area contributed by atoms with Crippen LogP contribution in [0, 0.1) is 6.92 Å². The van der Waals surface area contributed by atoms with Crippen molar-refractivity contribution >= 4 is 11.6 Å². The molecule has 0 fully saturated rings. The number of amides is 1. The van der Waals surface area contributed by atoms with Gasteiger partial charge in [0.15, 0.2) is 5.75 Å². The van der Waals surface area contributed by atoms with Crippen LogP contribution >= 0.6 is 0 Å². The van der Waals surface area contributed by atoms with Crippen LogP contribution in [0.25, 0.3) is 0 Å². The molecule has 0 aliphatic carbocycles. The second-order valence-electron chi connectivity index (χ2n) is 6.32. The largest absolute Gasteiger partial charge is 0.356 e. The van der Waals surface area contributed by atoms with Crippen molar-refractivity contribution in [3.8, 4) is 5.75 Å². The van der Waals surface area contributed by atoms with E-state index < -0.39 is 5.91 Å². The molecule has 0 heterocycles. The maximum atomic E-state index is 11.4. The van der Waals surface area contributed by atoms with Crippen LogP contribution < -0.4 is 10.3 Å². The van der Waals surface area contributed by atoms with E-state index in [0.717, 1.165) is 28.8 Å². The predicted octanol–water partition coefficient (Wildman–Crippen LogP) is 4.51. The van der Waals surface area contributed by atoms with Crippen LogP contribution in [-0.4, -0.2) is 16.8 Å². The molecule has 0 bridgehead atoms. The van der Waals surface area contributed by atoms with Crippen LogP contribution in [0.1, 0.15) is 39.5 Å². The van der Waals surface area contributed by atoms with E-state index in [1.54, 1.807) is 29.7 Å². The number of hydrogen-bond donors (Lipinski definition) is 2. The molecule has 0 saturated carbocycles. The summed E-state index contributed by atoms with van der Waals surface area (Å²) in [5.41, 5.74) is 7.00. The van der Waals surface area contributed by atoms with E-state index >= 15 is 0 Å². The van der Waals surface area contributed by atoms with E-state index in [1.165, 1.54) is 5.56 Å². The highest BCUT2D eigenvalue weighted by atomic mass is 16.6. The Balaban J connectivity index is 2.00. The first-order valence-corrected chi connectivity index (χ1v) is 9.07. The summed E-state index contributed by atoms with van der Waals surface area (Å²) in [6.07, 6.45) is 0.881. The lowest BCUT2D eigenvalue weighted by atomic mass is 9.94. The number of rotatable bonds is 6. The Morgan fingerprint density at radius 3 is 2.25 bits per heavy atom. The number of benzene rings is 3. The standard InChI is InChI=1S/C23H22N2O3/c1-3-17-9-5-7-11-21(17)22(20-10-6-4-8-16(20)2)25-28-19-14-12-18(13-15-19)23(26)24-27/h4-15,27H,3H2,1-2H3,(H,24,26)/b25-22+. The molecule has 0 saturated heterocycles. The summed E-state index contributed by atoms with van der Waals surface area (Å²) in [7, 11) is 0. The summed E-state index contributed by atoms with van der Waals surface area (Å²) in [5, 5.41) is 13.2. The third-order valence-corrected chi connectivity index (χ3v) is 4.51. The zero-order chi connectivity index (χ0) is 19.9. The number of hydroxylamine groups is 1. The molecule has 5 heteroatoms. The highest BCUT2D eigenvalue weighted by Gasteiger charge is 2.14. The van der Waals surface area contributed by atoms with Gasteiger partial charge in [-0.3, -0.25) is 10.0 Å². The van der Waals surface area contributed by atoms with Gasteiger partial charge in [0.2, 0.25) is 0 Å². The molecule has 3 rings (SSSR count). The Labute approximate surface area is 164 Å². The number of hydrogen-bond acceptors (Lipinski definition) is 4. The fraction of sp³-hybridized carbons (Fsp3) is 0.130. The number of nitrogens with one attached hydrogen (secondary N) is 1. The normalized spacial score (nSPS) is 11.2. The van der Waals surface area contributed by atoms with Gasteiger partial charge in [0.25, 0.3) is 5.91 Å². The Morgan fingerprint density at radius 2 is 1.61 bits per heavy atom. The average Bonchev–Trinajstić information content (AvgIpc) is 2.75. The summed E-state index contributed by atoms with van der Waals surface area (Å²) < 4.78 is 0. The molecule has 28 heavy (non-hydrogen) atoms. The molecular formula is C23H22N2O3. The lowest BCUT2D eigenvalue weighted by Crippen LogP contribution is -2.18. The van der Waals surface area contributed by atoms with E-state index in [1.807, 2.05) is 49.4 Å². The topological polar surface area (TPSA) is 70.9 Å². The van der Waals surface area contributed by atoms with E-state index in [9.17, 15) is 4.79 Å². The molecule has 0 aliphatic rings. The van der Waals surface area contributed by atoms with Gasteiger partial charge in [-0.05, 0) is 48.7 Å². The van der Waals surface area contributed by atoms with Gasteiger partial charge in [-0.1, -0.05) is 60.6 Å². The fourth-order valence-electron chi connectivity index (χ4n) is 2.97. The fourth-order valence-corrected chi connectivity index (χ4v) is 2.97. The van der Waals surface area contributed by atoms with Crippen molar-refractivity contribution in [2.24, 2.45) is 5.16 Å². The second-order valence-corrected chi connectivity index (χ2v) is 6.32. The van der Waals surface area contributed by atoms with Gasteiger partial charge in [0.05, 0.1) is 0 Å². The van der Waals surface area contributed by atoms with Crippen LogP contribution in [0.15, 0.2) is 78.0 Å². The van der Waals surface area contributed by atoms with Crippen LogP contribution in [0.2, 0.25) is 0 Å². The first-order chi connectivity index (χ1) is 13.6. The SMILES string of the molecule is CCc1ccccc1/C(=N/Oc1ccc(C(=O)NO)cc1)c1ccccc1C. The van der Waals surface area contributed by atoms with Gasteiger partial charge in [0, 0.05) is 16.7 Å². The minimum Gasteiger partial charge on any atom is -0.356 e. The Hall–Kier alpha value is -3.44. The monoisotopic (exact) mass is 374 g/mol. The summed E-state index contributed by atoms with van der Waals surface area (Å²) >= 11 is 0. The number of nitrogens with zero attached hydrogens (tertiary/aromatic N) is 1. The van der Waals surface area contributed by atoms with Crippen molar-refractivity contribution in [2.45, 2.75) is 20.3 Å². The molecule has 2 N–H and O–H groups in total. The lowest BCUT2D eigenvalue weighted by Gasteiger charge is -2.13. The predicted molar refractivity (Wildman–Crippen MR) is 109 cm³/mol. The van der Waals surface area contributed by atoms with Crippen LogP contribution in [0.4, 0.5) is 0 Å². The maximum absolute atomic E-state index is 11.4. The minimum absolute atomic E-state index is 0.328. The molecule has 0 aromatic heterocycles. The Bertz CT molecular complexity index is 995. The second kappa shape index (κ2) is 8.97. The molecule has 142 valence electrons. The zero-order valence-corrected chi connectivity index (χ0v) is 15.8. The molecule has 3 aromatic carbocycles. The third kappa shape index (κ3) is 4.27. The van der Waals surface area contributed by atoms with Crippen molar-refractivity contribution in [1.29, 1.82) is 0 Å². The average molecular weight is 374 g/mol. The number of carbonyl (C=O) groups excluding carboxylic acids is 1. The molecule has 0 radical (unpaired) electrons. The highest BCUT2D eigenvalue weighted by molar-refractivity contribution is 6.14. The van der Waals surface area contributed by atoms with Crippen molar-refractivity contribution in [2.75, 3.05) is 0 Å². The van der Waals surface area contributed by atoms with Gasteiger partial charge >= 0.3 is 0 Å². The van der Waals surface area contributed by atoms with Crippen LogP contribution in [0.5, 0.6) is 5.75 Å². The zero-order valence-electron chi connectivity index (χ0n) is 15.8. The minimum atomic E-state index is -0.576. The van der Waals surface area contributed by atoms with Crippen molar-refractivity contribution in [1.82, 2.24) is 5.48 Å². The quantitative estimate of drug-likeness (QED) is 0.379. The maximum Gasteiger partial charge on any atom is 0.274 e. The van der Waals surface area contributed by atoms with Gasteiger partial charge < -0.3 is 4.84 Å². The molecule has 1 amide bonds. The molecule has 0 aliphatic heterocycles. The van der Waals surface area contributed by atoms with E-state index in [0.29, 0.717) is 11.3 Å². The Morgan fingerprint density at radius 1 is 0.964 bits per heavy atom. The lowest BCUT2D eigenvalue weighted by molar-refractivity contribution is 0.0706. The number of aryl methyl sites for hydroxylation is 2. The number of oxime groups is 1. The Kier molecular flexibility index (Phi) is 6.19. The van der Waals surface area contributed by atoms with Crippen molar-refractivity contribution in [3.63, 3.8) is 0 Å². The molecule has 0 spiro atoms. The van der Waals surface area contributed by atoms with Crippen molar-refractivity contribution < 1.29 is 14.8 Å². The van der Waals surface area contributed by atoms with Gasteiger partial charge in [0.1, 0.15) is 5.71 Å². The smallest absolute Gasteiger partial charge is 0.274 e. The number of carbonyl (C=O) groups is 1. The highest BCUT2D eigenvalue weighted by Crippen LogP contribution is 2.20. The first-order valence-electron chi connectivity index (χ1n) is 9.07. The molecule has 0 atom stereocenters. The first kappa shape index (κ1) is 19.3. The molecule has 3 aromatic rings. The molecule has 0 unspecified atom stereocenters. The van der Waals surface area contributed by atoms with E-state index in [4.69, 9.17) is 10.0 Å². The summed E-state index contributed by atoms with van der Waals surface area (Å²) in [4.78, 5) is 17.1. The van der Waals surface area contributed by atoms with E-state index in [2.05, 4.69) is 18.1 Å². The molecular weight excluding hydrogens is 352 g/mol. The van der Waals surface area contributed by atoms with Gasteiger partial charge in [-0.2, -0.15) is 0 Å². The summed E-state index contributed by atoms with van der Waals surface area (Å²) in [5.74, 6) is -0.0814. The van der Waals surface area contributed by atoms with Crippen LogP contribution in [0.3, 0.4) is 0 Å².